The predicted molar refractivity (Wildman–Crippen MR) is 106 cm³/mol. The van der Waals surface area contributed by atoms with Crippen LogP contribution in [-0.4, -0.2) is 28.1 Å². The number of esters is 1. The van der Waals surface area contributed by atoms with E-state index in [2.05, 4.69) is 24.3 Å². The Morgan fingerprint density at radius 1 is 1.29 bits per heavy atom. The van der Waals surface area contributed by atoms with Gasteiger partial charge in [0.1, 0.15) is 17.4 Å². The van der Waals surface area contributed by atoms with Crippen LogP contribution in [0.5, 0.6) is 0 Å². The summed E-state index contributed by atoms with van der Waals surface area (Å²) < 4.78 is 6.93. The fourth-order valence-electron chi connectivity index (χ4n) is 4.13. The van der Waals surface area contributed by atoms with E-state index in [9.17, 15) is 9.59 Å². The summed E-state index contributed by atoms with van der Waals surface area (Å²) >= 11 is 0. The maximum absolute atomic E-state index is 13.1. The van der Waals surface area contributed by atoms with Crippen LogP contribution in [0, 0.1) is 12.3 Å². The molecule has 1 atom stereocenters. The van der Waals surface area contributed by atoms with Gasteiger partial charge in [0.15, 0.2) is 5.78 Å². The Hall–Kier alpha value is -2.89. The second-order valence-corrected chi connectivity index (χ2v) is 8.34. The molecule has 1 aromatic heterocycles. The van der Waals surface area contributed by atoms with Gasteiger partial charge in [-0.2, -0.15) is 5.10 Å². The predicted octanol–water partition coefficient (Wildman–Crippen LogP) is 4.03. The topological polar surface area (TPSA) is 73.2 Å². The van der Waals surface area contributed by atoms with Crippen LogP contribution in [0.15, 0.2) is 41.7 Å². The molecule has 1 aromatic carbocycles. The lowest BCUT2D eigenvalue weighted by Crippen LogP contribution is -2.36. The summed E-state index contributed by atoms with van der Waals surface area (Å²) in [5.41, 5.74) is 4.01. The van der Waals surface area contributed by atoms with Crippen molar-refractivity contribution in [3.05, 3.63) is 58.4 Å². The summed E-state index contributed by atoms with van der Waals surface area (Å²) in [7, 11) is 0. The minimum Gasteiger partial charge on any atom is -0.462 e. The molecule has 0 radical (unpaired) electrons. The number of Topliss-reactive ketones (excluding diaryl/α,β-unsaturated/α-hetero) is 1. The number of ketones is 1. The number of rotatable bonds is 3. The number of hydrogen-bond donors (Lipinski definition) is 1. The van der Waals surface area contributed by atoms with Gasteiger partial charge in [0.05, 0.1) is 12.8 Å². The molecule has 0 spiro atoms. The molecule has 28 heavy (non-hydrogen) atoms. The smallest absolute Gasteiger partial charge is 0.343 e. The lowest BCUT2D eigenvalue weighted by Gasteiger charge is -2.39. The number of nitrogens with zero attached hydrogens (tertiary/aromatic N) is 2. The number of anilines is 1. The normalized spacial score (nSPS) is 20.3. The average molecular weight is 379 g/mol. The number of nitrogens with one attached hydrogen (secondary N) is 1. The van der Waals surface area contributed by atoms with Crippen molar-refractivity contribution in [2.45, 2.75) is 46.6 Å². The minimum atomic E-state index is -0.413. The van der Waals surface area contributed by atoms with Crippen LogP contribution >= 0.6 is 0 Å². The first-order valence-electron chi connectivity index (χ1n) is 9.65. The first-order chi connectivity index (χ1) is 13.3. The molecule has 0 saturated carbocycles. The fourth-order valence-corrected chi connectivity index (χ4v) is 4.13. The largest absolute Gasteiger partial charge is 0.462 e. The molecule has 0 saturated heterocycles. The van der Waals surface area contributed by atoms with E-state index >= 15 is 0 Å². The first-order valence-corrected chi connectivity index (χ1v) is 9.65. The number of aryl methyl sites for hydroxylation is 1. The van der Waals surface area contributed by atoms with Crippen molar-refractivity contribution in [2.24, 2.45) is 5.41 Å². The van der Waals surface area contributed by atoms with Crippen molar-refractivity contribution in [1.82, 2.24) is 9.78 Å². The Balaban J connectivity index is 1.89. The average Bonchev–Trinajstić information content (AvgIpc) is 3.03. The van der Waals surface area contributed by atoms with Gasteiger partial charge in [0, 0.05) is 17.7 Å². The summed E-state index contributed by atoms with van der Waals surface area (Å²) in [6, 6.07) is 7.77. The van der Waals surface area contributed by atoms with Crippen molar-refractivity contribution in [1.29, 1.82) is 0 Å². The zero-order chi connectivity index (χ0) is 20.1. The number of carbonyl (C=O) groups excluding carboxylic acids is 2. The SMILES string of the molecule is CCOC(=O)c1cnn2c1NC1=C(C(=O)CC(C)(C)C1)C2c1ccc(C)cc1. The molecule has 6 heteroatoms. The molecular weight excluding hydrogens is 354 g/mol. The Labute approximate surface area is 164 Å². The Morgan fingerprint density at radius 3 is 2.68 bits per heavy atom. The molecule has 6 nitrogen and oxygen atoms in total. The van der Waals surface area contributed by atoms with Crippen LogP contribution in [0.3, 0.4) is 0 Å². The van der Waals surface area contributed by atoms with E-state index < -0.39 is 5.97 Å². The third kappa shape index (κ3) is 3.03. The molecule has 1 unspecified atom stereocenters. The van der Waals surface area contributed by atoms with Crippen molar-refractivity contribution in [2.75, 3.05) is 11.9 Å². The lowest BCUT2D eigenvalue weighted by molar-refractivity contribution is -0.118. The molecule has 0 fully saturated rings. The summed E-state index contributed by atoms with van der Waals surface area (Å²) in [5.74, 6) is 0.306. The van der Waals surface area contributed by atoms with Gasteiger partial charge >= 0.3 is 5.97 Å². The van der Waals surface area contributed by atoms with Gasteiger partial charge in [-0.05, 0) is 31.2 Å². The van der Waals surface area contributed by atoms with E-state index in [1.165, 1.54) is 6.20 Å². The van der Waals surface area contributed by atoms with Crippen LogP contribution < -0.4 is 5.32 Å². The van der Waals surface area contributed by atoms with Crippen molar-refractivity contribution in [3.63, 3.8) is 0 Å². The van der Waals surface area contributed by atoms with Gasteiger partial charge in [-0.25, -0.2) is 9.48 Å². The molecular formula is C22H25N3O3. The van der Waals surface area contributed by atoms with E-state index in [1.807, 2.05) is 31.2 Å². The third-order valence-electron chi connectivity index (χ3n) is 5.39. The zero-order valence-electron chi connectivity index (χ0n) is 16.7. The third-order valence-corrected chi connectivity index (χ3v) is 5.39. The highest BCUT2D eigenvalue weighted by Gasteiger charge is 2.42. The Bertz CT molecular complexity index is 983. The number of fused-ring (bicyclic) bond motifs is 1. The molecule has 1 aliphatic heterocycles. The van der Waals surface area contributed by atoms with Crippen LogP contribution in [0.1, 0.15) is 61.1 Å². The summed E-state index contributed by atoms with van der Waals surface area (Å²) in [5, 5.41) is 7.81. The van der Waals surface area contributed by atoms with Gasteiger partial charge in [0.2, 0.25) is 0 Å². The highest BCUT2D eigenvalue weighted by molar-refractivity contribution is 6.01. The van der Waals surface area contributed by atoms with Crippen LogP contribution in [0.2, 0.25) is 0 Å². The van der Waals surface area contributed by atoms with Crippen LogP contribution in [-0.2, 0) is 9.53 Å². The van der Waals surface area contributed by atoms with E-state index in [0.29, 0.717) is 24.4 Å². The molecule has 2 heterocycles. The lowest BCUT2D eigenvalue weighted by atomic mass is 9.73. The zero-order valence-corrected chi connectivity index (χ0v) is 16.7. The van der Waals surface area contributed by atoms with E-state index in [4.69, 9.17) is 4.74 Å². The molecule has 2 aromatic rings. The number of allylic oxidation sites excluding steroid dienone is 2. The molecule has 4 rings (SSSR count). The van der Waals surface area contributed by atoms with Crippen LogP contribution in [0.25, 0.3) is 0 Å². The van der Waals surface area contributed by atoms with Crippen molar-refractivity contribution in [3.8, 4) is 0 Å². The van der Waals surface area contributed by atoms with E-state index in [0.717, 1.165) is 28.8 Å². The maximum atomic E-state index is 13.1. The van der Waals surface area contributed by atoms with Gasteiger partial charge in [-0.3, -0.25) is 4.79 Å². The number of aromatic nitrogens is 2. The summed E-state index contributed by atoms with van der Waals surface area (Å²) in [6.45, 7) is 8.29. The van der Waals surface area contributed by atoms with E-state index in [-0.39, 0.29) is 17.2 Å². The van der Waals surface area contributed by atoms with E-state index in [1.54, 1.807) is 11.6 Å². The first kappa shape index (κ1) is 18.5. The van der Waals surface area contributed by atoms with Gasteiger partial charge in [-0.15, -0.1) is 0 Å². The quantitative estimate of drug-likeness (QED) is 0.815. The summed E-state index contributed by atoms with van der Waals surface area (Å²) in [4.78, 5) is 25.5. The number of ether oxygens (including phenoxy) is 1. The maximum Gasteiger partial charge on any atom is 0.343 e. The Kier molecular flexibility index (Phi) is 4.37. The van der Waals surface area contributed by atoms with Crippen molar-refractivity contribution < 1.29 is 14.3 Å². The molecule has 0 amide bonds. The number of carbonyl (C=O) groups is 2. The molecule has 1 N–H and O–H groups in total. The highest BCUT2D eigenvalue weighted by Crippen LogP contribution is 2.46. The number of hydrogen-bond acceptors (Lipinski definition) is 5. The second kappa shape index (κ2) is 6.62. The molecule has 146 valence electrons. The molecule has 0 bridgehead atoms. The highest BCUT2D eigenvalue weighted by atomic mass is 16.5. The fraction of sp³-hybridized carbons (Fsp3) is 0.409. The standard InChI is InChI=1S/C22H25N3O3/c1-5-28-21(27)15-12-23-25-19(14-8-6-13(2)7-9-14)18-16(24-20(15)25)10-22(3,4)11-17(18)26/h6-9,12,19,24H,5,10-11H2,1-4H3. The molecule has 1 aliphatic carbocycles. The summed E-state index contributed by atoms with van der Waals surface area (Å²) in [6.07, 6.45) is 2.76. The second-order valence-electron chi connectivity index (χ2n) is 8.34. The Morgan fingerprint density at radius 2 is 2.00 bits per heavy atom. The number of benzene rings is 1. The van der Waals surface area contributed by atoms with Gasteiger partial charge in [-0.1, -0.05) is 43.7 Å². The van der Waals surface area contributed by atoms with Crippen molar-refractivity contribution >= 4 is 17.6 Å². The van der Waals surface area contributed by atoms with Gasteiger partial charge in [0.25, 0.3) is 0 Å². The monoisotopic (exact) mass is 379 g/mol. The van der Waals surface area contributed by atoms with Gasteiger partial charge < -0.3 is 10.1 Å². The van der Waals surface area contributed by atoms with Crippen LogP contribution in [0.4, 0.5) is 5.82 Å². The minimum absolute atomic E-state index is 0.128. The molecule has 2 aliphatic rings.